The van der Waals surface area contributed by atoms with Crippen LogP contribution < -0.4 is 0 Å². The van der Waals surface area contributed by atoms with Crippen LogP contribution in [0, 0.1) is 11.8 Å². The quantitative estimate of drug-likeness (QED) is 0.706. The van der Waals surface area contributed by atoms with E-state index in [0.29, 0.717) is 25.9 Å². The zero-order valence-electron chi connectivity index (χ0n) is 19.2. The molecule has 1 aliphatic rings. The molecule has 1 aliphatic heterocycles. The Morgan fingerprint density at radius 2 is 1.73 bits per heavy atom. The summed E-state index contributed by atoms with van der Waals surface area (Å²) in [6.45, 7) is 12.3. The smallest absolute Gasteiger partial charge is 0.410 e. The molecule has 2 atom stereocenters. The Kier molecular flexibility index (Phi) is 7.92. The number of nitrogens with zero attached hydrogens (tertiary/aromatic N) is 1. The average Bonchev–Trinajstić information content (AvgIpc) is 3.07. The molecule has 30 heavy (non-hydrogen) atoms. The average molecular weight is 420 g/mol. The number of rotatable bonds is 6. The van der Waals surface area contributed by atoms with Crippen molar-refractivity contribution < 1.29 is 24.2 Å². The number of amides is 1. The molecule has 0 aromatic heterocycles. The molecule has 6 heteroatoms. The third kappa shape index (κ3) is 7.63. The van der Waals surface area contributed by atoms with E-state index >= 15 is 0 Å². The molecule has 1 aromatic carbocycles. The van der Waals surface area contributed by atoms with Crippen LogP contribution in [0.25, 0.3) is 0 Å². The molecular weight excluding hydrogens is 382 g/mol. The summed E-state index contributed by atoms with van der Waals surface area (Å²) in [6, 6.07) is 7.96. The Hall–Kier alpha value is -2.08. The lowest BCUT2D eigenvalue weighted by Crippen LogP contribution is -2.38. The summed E-state index contributed by atoms with van der Waals surface area (Å²) >= 11 is 0. The van der Waals surface area contributed by atoms with Crippen LogP contribution in [0.3, 0.4) is 0 Å². The van der Waals surface area contributed by atoms with E-state index in [9.17, 15) is 14.7 Å². The first-order valence-corrected chi connectivity index (χ1v) is 10.8. The number of likely N-dealkylation sites (tertiary alicyclic amines) is 1. The Labute approximate surface area is 180 Å². The highest BCUT2D eigenvalue weighted by atomic mass is 16.6. The number of aliphatic hydroxyl groups is 1. The second-order valence-electron chi connectivity index (χ2n) is 10.1. The van der Waals surface area contributed by atoms with Crippen molar-refractivity contribution in [2.45, 2.75) is 72.0 Å². The molecule has 2 rings (SSSR count). The summed E-state index contributed by atoms with van der Waals surface area (Å²) in [4.78, 5) is 27.2. The van der Waals surface area contributed by atoms with E-state index in [1.807, 2.05) is 65.8 Å². The SMILES string of the molecule is CC(C)(C)OC(=O)[C@@H](Cc1cccc(CCO)c1)[C@H]1CCN(C(=O)OC(C)(C)C)C1. The minimum absolute atomic E-state index is 0.00821. The van der Waals surface area contributed by atoms with Gasteiger partial charge in [0.15, 0.2) is 0 Å². The van der Waals surface area contributed by atoms with Crippen LogP contribution in [0.2, 0.25) is 0 Å². The van der Waals surface area contributed by atoms with Crippen molar-refractivity contribution in [2.75, 3.05) is 19.7 Å². The molecule has 1 aromatic rings. The lowest BCUT2D eigenvalue weighted by atomic mass is 9.85. The van der Waals surface area contributed by atoms with Crippen molar-refractivity contribution in [3.8, 4) is 0 Å². The van der Waals surface area contributed by atoms with Gasteiger partial charge in [-0.25, -0.2) is 4.79 Å². The van der Waals surface area contributed by atoms with Gasteiger partial charge in [0.25, 0.3) is 0 Å². The van der Waals surface area contributed by atoms with Crippen LogP contribution in [0.5, 0.6) is 0 Å². The van der Waals surface area contributed by atoms with Crippen molar-refractivity contribution in [1.29, 1.82) is 0 Å². The molecular formula is C24H37NO5. The second kappa shape index (κ2) is 9.82. The van der Waals surface area contributed by atoms with Gasteiger partial charge in [0.1, 0.15) is 11.2 Å². The number of carbonyl (C=O) groups is 2. The lowest BCUT2D eigenvalue weighted by molar-refractivity contribution is -0.161. The van der Waals surface area contributed by atoms with Crippen LogP contribution in [0.4, 0.5) is 4.79 Å². The largest absolute Gasteiger partial charge is 0.460 e. The molecule has 0 saturated carbocycles. The van der Waals surface area contributed by atoms with Crippen molar-refractivity contribution >= 4 is 12.1 Å². The van der Waals surface area contributed by atoms with Crippen molar-refractivity contribution in [2.24, 2.45) is 11.8 Å². The van der Waals surface area contributed by atoms with Gasteiger partial charge in [0.2, 0.25) is 0 Å². The molecule has 1 saturated heterocycles. The summed E-state index contributed by atoms with van der Waals surface area (Å²) in [6.07, 6.45) is 1.53. The number of hydrogen-bond donors (Lipinski definition) is 1. The lowest BCUT2D eigenvalue weighted by Gasteiger charge is -2.28. The number of ether oxygens (including phenoxy) is 2. The fourth-order valence-electron chi connectivity index (χ4n) is 3.72. The number of aliphatic hydroxyl groups excluding tert-OH is 1. The van der Waals surface area contributed by atoms with E-state index < -0.39 is 11.2 Å². The molecule has 1 fully saturated rings. The van der Waals surface area contributed by atoms with E-state index in [-0.39, 0.29) is 30.5 Å². The fraction of sp³-hybridized carbons (Fsp3) is 0.667. The first kappa shape index (κ1) is 24.2. The van der Waals surface area contributed by atoms with Crippen LogP contribution >= 0.6 is 0 Å². The summed E-state index contributed by atoms with van der Waals surface area (Å²) < 4.78 is 11.2. The molecule has 1 amide bonds. The Bertz CT molecular complexity index is 732. The van der Waals surface area contributed by atoms with Gasteiger partial charge in [-0.1, -0.05) is 24.3 Å². The maximum absolute atomic E-state index is 13.1. The van der Waals surface area contributed by atoms with E-state index in [1.165, 1.54) is 0 Å². The van der Waals surface area contributed by atoms with Crippen LogP contribution in [0.1, 0.15) is 59.1 Å². The summed E-state index contributed by atoms with van der Waals surface area (Å²) in [5.41, 5.74) is 0.956. The van der Waals surface area contributed by atoms with E-state index in [0.717, 1.165) is 17.5 Å². The Morgan fingerprint density at radius 1 is 1.10 bits per heavy atom. The van der Waals surface area contributed by atoms with Gasteiger partial charge in [-0.2, -0.15) is 0 Å². The molecule has 0 bridgehead atoms. The predicted octanol–water partition coefficient (Wildman–Crippen LogP) is 3.98. The number of benzene rings is 1. The van der Waals surface area contributed by atoms with Crippen LogP contribution in [0.15, 0.2) is 24.3 Å². The van der Waals surface area contributed by atoms with Gasteiger partial charge in [-0.15, -0.1) is 0 Å². The maximum atomic E-state index is 13.1. The molecule has 1 heterocycles. The van der Waals surface area contributed by atoms with Gasteiger partial charge < -0.3 is 19.5 Å². The summed E-state index contributed by atoms with van der Waals surface area (Å²) in [5, 5.41) is 9.22. The van der Waals surface area contributed by atoms with E-state index in [2.05, 4.69) is 0 Å². The summed E-state index contributed by atoms with van der Waals surface area (Å²) in [7, 11) is 0. The van der Waals surface area contributed by atoms with Gasteiger partial charge in [0.05, 0.1) is 5.92 Å². The van der Waals surface area contributed by atoms with Crippen molar-refractivity contribution in [3.63, 3.8) is 0 Å². The van der Waals surface area contributed by atoms with E-state index in [1.54, 1.807) is 4.90 Å². The van der Waals surface area contributed by atoms with Gasteiger partial charge in [-0.3, -0.25) is 4.79 Å². The monoisotopic (exact) mass is 419 g/mol. The standard InChI is InChI=1S/C24H37NO5/c1-23(2,3)29-21(27)20(15-18-9-7-8-17(14-18)11-13-26)19-10-12-25(16-19)22(28)30-24(4,5)6/h7-9,14,19-20,26H,10-13,15-16H2,1-6H3/t19-,20-/m0/s1. The van der Waals surface area contributed by atoms with Crippen LogP contribution in [-0.4, -0.2) is 53.0 Å². The van der Waals surface area contributed by atoms with Crippen LogP contribution in [-0.2, 0) is 27.1 Å². The number of esters is 1. The number of carbonyl (C=O) groups excluding carboxylic acids is 2. The van der Waals surface area contributed by atoms with E-state index in [4.69, 9.17) is 9.47 Å². The third-order valence-corrected chi connectivity index (χ3v) is 5.00. The first-order valence-electron chi connectivity index (χ1n) is 10.8. The molecule has 0 aliphatic carbocycles. The molecule has 0 spiro atoms. The Morgan fingerprint density at radius 3 is 2.33 bits per heavy atom. The minimum atomic E-state index is -0.572. The Balaban J connectivity index is 2.17. The maximum Gasteiger partial charge on any atom is 0.410 e. The number of hydrogen-bond acceptors (Lipinski definition) is 5. The highest BCUT2D eigenvalue weighted by molar-refractivity contribution is 5.74. The summed E-state index contributed by atoms with van der Waals surface area (Å²) in [5.74, 6) is -0.569. The zero-order valence-corrected chi connectivity index (χ0v) is 19.2. The highest BCUT2D eigenvalue weighted by Gasteiger charge is 2.39. The highest BCUT2D eigenvalue weighted by Crippen LogP contribution is 2.30. The molecule has 168 valence electrons. The predicted molar refractivity (Wildman–Crippen MR) is 116 cm³/mol. The third-order valence-electron chi connectivity index (χ3n) is 5.00. The minimum Gasteiger partial charge on any atom is -0.460 e. The first-order chi connectivity index (χ1) is 13.9. The molecule has 0 unspecified atom stereocenters. The van der Waals surface area contributed by atoms with Gasteiger partial charge in [0, 0.05) is 19.7 Å². The van der Waals surface area contributed by atoms with Gasteiger partial charge in [-0.05, 0) is 77.8 Å². The molecule has 0 radical (unpaired) electrons. The topological polar surface area (TPSA) is 76.1 Å². The molecule has 1 N–H and O–H groups in total. The normalized spacial score (nSPS) is 18.2. The second-order valence-corrected chi connectivity index (χ2v) is 10.1. The fourth-order valence-corrected chi connectivity index (χ4v) is 3.72. The molecule has 6 nitrogen and oxygen atoms in total. The van der Waals surface area contributed by atoms with Crippen molar-refractivity contribution in [3.05, 3.63) is 35.4 Å². The zero-order chi connectivity index (χ0) is 22.5. The van der Waals surface area contributed by atoms with Gasteiger partial charge >= 0.3 is 12.1 Å². The van der Waals surface area contributed by atoms with Crippen molar-refractivity contribution in [1.82, 2.24) is 4.90 Å².